The third-order valence-electron chi connectivity index (χ3n) is 23.5. The van der Waals surface area contributed by atoms with Crippen LogP contribution in [0.25, 0.3) is 164 Å². The Kier molecular flexibility index (Phi) is 10.4. The molecule has 0 radical (unpaired) electrons. The van der Waals surface area contributed by atoms with Crippen molar-refractivity contribution in [3.8, 4) is 39.3 Å². The van der Waals surface area contributed by atoms with Crippen molar-refractivity contribution in [3.05, 3.63) is 350 Å². The van der Waals surface area contributed by atoms with Crippen molar-refractivity contribution in [2.24, 2.45) is 0 Å². The number of benzene rings is 16. The van der Waals surface area contributed by atoms with Crippen molar-refractivity contribution < 1.29 is 21.9 Å². The summed E-state index contributed by atoms with van der Waals surface area (Å²) in [5.41, 5.74) is 16.7. The molecule has 0 unspecified atom stereocenters. The predicted molar refractivity (Wildman–Crippen MR) is 474 cm³/mol. The van der Waals surface area contributed by atoms with E-state index in [0.717, 1.165) is 132 Å². The van der Waals surface area contributed by atoms with Crippen LogP contribution in [0.2, 0.25) is 0 Å². The number of aromatic nitrogens is 4. The number of hydrogen-bond acceptors (Lipinski definition) is 2. The number of nitrogens with zero attached hydrogens (tertiary/aromatic N) is 5. The summed E-state index contributed by atoms with van der Waals surface area (Å²) < 4.78 is 159. The van der Waals surface area contributed by atoms with Gasteiger partial charge in [-0.15, -0.1) is 0 Å². The highest BCUT2D eigenvalue weighted by atomic mass is 15.2. The van der Waals surface area contributed by atoms with Gasteiger partial charge in [0.15, 0.2) is 0 Å². The Balaban J connectivity index is 0.931. The molecule has 0 spiro atoms. The molecule has 21 aromatic rings. The molecule has 0 atom stereocenters. The lowest BCUT2D eigenvalue weighted by Gasteiger charge is -2.41. The van der Waals surface area contributed by atoms with Gasteiger partial charge in [0, 0.05) is 105 Å². The molecule has 1 N–H and O–H groups in total. The minimum Gasteiger partial charge on any atom is -0.355 e. The summed E-state index contributed by atoms with van der Waals surface area (Å²) in [6.07, 6.45) is 0. The van der Waals surface area contributed by atoms with E-state index in [0.29, 0.717) is 33.0 Å². The van der Waals surface area contributed by atoms with Gasteiger partial charge < -0.3 is 28.3 Å². The molecule has 111 heavy (non-hydrogen) atoms. The number of rotatable bonds is 7. The lowest BCUT2D eigenvalue weighted by molar-refractivity contribution is 0.590. The Morgan fingerprint density at radius 2 is 0.883 bits per heavy atom. The first-order valence-electron chi connectivity index (χ1n) is 45.7. The van der Waals surface area contributed by atoms with E-state index in [1.165, 1.54) is 17.2 Å². The Bertz CT molecular complexity index is 8530. The van der Waals surface area contributed by atoms with Crippen LogP contribution in [-0.2, 0) is 10.8 Å². The summed E-state index contributed by atoms with van der Waals surface area (Å²) in [6.45, 7) is 12.7. The van der Waals surface area contributed by atoms with Gasteiger partial charge in [-0.3, -0.25) is 0 Å². The van der Waals surface area contributed by atoms with Gasteiger partial charge in [0.2, 0.25) is 0 Å². The van der Waals surface area contributed by atoms with E-state index in [-0.39, 0.29) is 55.1 Å². The van der Waals surface area contributed by atoms with Crippen LogP contribution >= 0.6 is 0 Å². The fourth-order valence-corrected chi connectivity index (χ4v) is 18.5. The molecule has 0 bridgehead atoms. The van der Waals surface area contributed by atoms with Crippen molar-refractivity contribution in [2.45, 2.75) is 52.4 Å². The van der Waals surface area contributed by atoms with E-state index >= 15 is 0 Å². The molecule has 0 amide bonds. The van der Waals surface area contributed by atoms with Crippen molar-refractivity contribution >= 4 is 177 Å². The van der Waals surface area contributed by atoms with Crippen LogP contribution in [0.4, 0.5) is 28.4 Å². The van der Waals surface area contributed by atoms with Crippen LogP contribution in [-0.4, -0.2) is 24.8 Å². The summed E-state index contributed by atoms with van der Waals surface area (Å²) >= 11 is 0. The highest BCUT2D eigenvalue weighted by Gasteiger charge is 2.45. The Morgan fingerprint density at radius 3 is 1.59 bits per heavy atom. The van der Waals surface area contributed by atoms with E-state index < -0.39 is 103 Å². The molecule has 7 heterocycles. The summed E-state index contributed by atoms with van der Waals surface area (Å²) in [6, 6.07) is 76.7. The molecule has 23 rings (SSSR count). The van der Waals surface area contributed by atoms with Gasteiger partial charge in [-0.1, -0.05) is 272 Å². The zero-order valence-corrected chi connectivity index (χ0v) is 61.4. The first kappa shape index (κ1) is 49.4. The maximum Gasteiger partial charge on any atom is 0.252 e. The van der Waals surface area contributed by atoms with Crippen LogP contribution in [0.3, 0.4) is 0 Å². The zero-order chi connectivity index (χ0) is 87.8. The molecule has 6 nitrogen and oxygen atoms in total. The van der Waals surface area contributed by atoms with Gasteiger partial charge in [0.25, 0.3) is 6.71 Å². The molecule has 0 fully saturated rings. The summed E-state index contributed by atoms with van der Waals surface area (Å²) in [4.78, 5) is 2.46. The second-order valence-electron chi connectivity index (χ2n) is 31.7. The Morgan fingerprint density at radius 1 is 0.315 bits per heavy atom. The van der Waals surface area contributed by atoms with Gasteiger partial charge in [0.05, 0.1) is 71.8 Å². The van der Waals surface area contributed by atoms with Crippen molar-refractivity contribution in [1.29, 1.82) is 0 Å². The van der Waals surface area contributed by atoms with E-state index in [2.05, 4.69) is 253 Å². The molecular weight excluding hydrogens is 1340 g/mol. The van der Waals surface area contributed by atoms with Gasteiger partial charge in [-0.2, -0.15) is 0 Å². The molecule has 5 aromatic heterocycles. The lowest BCUT2D eigenvalue weighted by Crippen LogP contribution is -2.60. The minimum atomic E-state index is -0.770. The van der Waals surface area contributed by atoms with E-state index in [1.54, 1.807) is 4.57 Å². The number of para-hydroxylation sites is 5. The van der Waals surface area contributed by atoms with E-state index in [9.17, 15) is 16.4 Å². The molecule has 524 valence electrons. The Hall–Kier alpha value is -13.6. The average molecular weight is 1440 g/mol. The highest BCUT2D eigenvalue weighted by Crippen LogP contribution is 2.52. The van der Waals surface area contributed by atoms with Crippen LogP contribution in [0.1, 0.15) is 74.6 Å². The van der Waals surface area contributed by atoms with Crippen LogP contribution in [0.5, 0.6) is 0 Å². The van der Waals surface area contributed by atoms with Crippen LogP contribution < -0.4 is 26.6 Å². The Labute approximate surface area is 665 Å². The lowest BCUT2D eigenvalue weighted by atomic mass is 9.33. The molecular formula is C104H75BN6. The molecule has 2 aliphatic rings. The monoisotopic (exact) mass is 1430 g/mol. The third kappa shape index (κ3) is 9.27. The average Bonchev–Trinajstić information content (AvgIpc) is 1.54. The maximum atomic E-state index is 10.1. The summed E-state index contributed by atoms with van der Waals surface area (Å²) in [5, 5.41) is 14.6. The standard InChI is InChI=1S/C104H75BN6/c1-103(2,3)66-46-53-92-82(56-66)83-57-67(104(4,5)6)47-54-93(83)107(92)70-51-52-86-95(61-70)109(69-49-44-64(45-50-69)63-26-9-7-10-27-63)102-98-81-39-25-38-80-76-34-16-14-32-74(76)73-31-13-15-33-75(73)77-35-18-24-43-91(77)110(100(80)81)96(98)62-97-99(102)105(86)87-60-71(108-89-41-22-19-36-78(89)79-37-20-23-42-90(79)108)59-85-84-58-68(48-55-94(84)111(97)101(85)87)106-88-40-21-17-30-72(88)65-28-11-8-12-29-65/h7-62,106H,1-6H3/i8D,11D,12D,17D,19D,20D,21D,22D,23D,28D,30D,36D,37D,40D,41D,42D. The molecule has 0 saturated carbocycles. The number of hydrogen-bond donors (Lipinski definition) is 1. The first-order chi connectivity index (χ1) is 61.0. The van der Waals surface area contributed by atoms with Crippen LogP contribution in [0.15, 0.2) is 339 Å². The van der Waals surface area contributed by atoms with Gasteiger partial charge >= 0.3 is 0 Å². The third-order valence-corrected chi connectivity index (χ3v) is 23.5. The fourth-order valence-electron chi connectivity index (χ4n) is 18.5. The summed E-state index contributed by atoms with van der Waals surface area (Å²) in [7, 11) is 0. The molecule has 0 saturated heterocycles. The predicted octanol–water partition coefficient (Wildman–Crippen LogP) is 25.8. The second-order valence-corrected chi connectivity index (χ2v) is 31.7. The maximum absolute atomic E-state index is 10.1. The molecule has 0 aliphatic carbocycles. The van der Waals surface area contributed by atoms with E-state index in [1.807, 2.05) is 48.5 Å². The number of nitrogens with one attached hydrogen (secondary N) is 1. The quantitative estimate of drug-likeness (QED) is 0.161. The van der Waals surface area contributed by atoms with Crippen molar-refractivity contribution in [1.82, 2.24) is 18.1 Å². The smallest absolute Gasteiger partial charge is 0.252 e. The molecule has 16 aromatic carbocycles. The molecule has 7 heteroatoms. The first-order valence-corrected chi connectivity index (χ1v) is 37.7. The normalized spacial score (nSPS) is 14.9. The minimum absolute atomic E-state index is 0.0793. The van der Waals surface area contributed by atoms with E-state index in [4.69, 9.17) is 5.48 Å². The molecule has 2 aliphatic heterocycles. The second kappa shape index (κ2) is 23.4. The zero-order valence-electron chi connectivity index (χ0n) is 77.4. The number of fused-ring (bicyclic) bond motifs is 24. The fraction of sp³-hybridized carbons (Fsp3) is 0.0769. The van der Waals surface area contributed by atoms with Crippen molar-refractivity contribution in [2.75, 3.05) is 10.2 Å². The highest BCUT2D eigenvalue weighted by molar-refractivity contribution is 7.00. The van der Waals surface area contributed by atoms with Crippen molar-refractivity contribution in [3.63, 3.8) is 0 Å². The van der Waals surface area contributed by atoms with Crippen LogP contribution in [0, 0.1) is 0 Å². The number of anilines is 5. The van der Waals surface area contributed by atoms with Gasteiger partial charge in [-0.25, -0.2) is 0 Å². The summed E-state index contributed by atoms with van der Waals surface area (Å²) in [5.74, 6) is 0. The SMILES string of the molecule is [2H]c1cc(-c2c([2H])c([2H])c([2H])c([2H])c2Nc2ccc3c(c2)c2cc(-n4c5c([2H])c([2H])c([2H])c([2H])c5c5c([2H])c([2H])c([2H])c([2H])c54)cc4c2n3-c2cc3c(c5c2B4c2ccc(-n4c6ccc(C(C)(C)C)cc6c6cc(C(C)(C)C)ccc64)cc2N5c2ccc(-c4ccccc4)cc2)c2cccc4c5ccccc5c5ccccc5c5ccccc5n3c42)c([2H])c([2H])c1[2H]. The largest absolute Gasteiger partial charge is 0.355 e. The van der Waals surface area contributed by atoms with Gasteiger partial charge in [-0.05, 0) is 186 Å². The topological polar surface area (TPSA) is 34.5 Å². The van der Waals surface area contributed by atoms with Gasteiger partial charge in [0.1, 0.15) is 0 Å².